The molecule has 1 unspecified atom stereocenters. The van der Waals surface area contributed by atoms with Crippen molar-refractivity contribution >= 4 is 0 Å². The van der Waals surface area contributed by atoms with Crippen molar-refractivity contribution in [2.24, 2.45) is 11.5 Å². The Morgan fingerprint density at radius 3 is 2.71 bits per heavy atom. The molecule has 0 heterocycles. The SMILES string of the molecule is CC1(N)/C=C\C/C=C\C=C(\N)C/C=C\1. The molecule has 0 bridgehead atoms. The molecule has 0 aliphatic heterocycles. The molecule has 0 saturated heterocycles. The summed E-state index contributed by atoms with van der Waals surface area (Å²) in [4.78, 5) is 0. The molecule has 0 fully saturated rings. The number of hydrogen-bond acceptors (Lipinski definition) is 2. The first-order valence-electron chi connectivity index (χ1n) is 4.86. The molecule has 2 nitrogen and oxygen atoms in total. The van der Waals surface area contributed by atoms with Crippen LogP contribution in [-0.2, 0) is 0 Å². The monoisotopic (exact) mass is 190 g/mol. The topological polar surface area (TPSA) is 52.0 Å². The third kappa shape index (κ3) is 4.10. The zero-order valence-corrected chi connectivity index (χ0v) is 8.61. The first kappa shape index (κ1) is 10.8. The van der Waals surface area contributed by atoms with Crippen molar-refractivity contribution in [1.29, 1.82) is 0 Å². The Bertz CT molecular complexity index is 293. The maximum absolute atomic E-state index is 6.01. The molecule has 0 radical (unpaired) electrons. The molecule has 76 valence electrons. The van der Waals surface area contributed by atoms with Gasteiger partial charge in [0.15, 0.2) is 0 Å². The maximum Gasteiger partial charge on any atom is 0.0496 e. The van der Waals surface area contributed by atoms with E-state index in [0.717, 1.165) is 18.5 Å². The normalized spacial score (nSPS) is 38.9. The third-order valence-corrected chi connectivity index (χ3v) is 2.03. The van der Waals surface area contributed by atoms with Crippen LogP contribution in [0.2, 0.25) is 0 Å². The highest BCUT2D eigenvalue weighted by atomic mass is 14.7. The Kier molecular flexibility index (Phi) is 3.72. The molecule has 1 rings (SSSR count). The van der Waals surface area contributed by atoms with Gasteiger partial charge in [0.1, 0.15) is 0 Å². The molecule has 0 aromatic heterocycles. The van der Waals surface area contributed by atoms with Crippen LogP contribution in [0.15, 0.2) is 48.2 Å². The van der Waals surface area contributed by atoms with Crippen molar-refractivity contribution in [1.82, 2.24) is 0 Å². The quantitative estimate of drug-likeness (QED) is 0.574. The standard InChI is InChI=1S/C12H18N2/c1-12(14)9-5-3-2-4-7-11(13)8-6-10-12/h2,4-7,9-10H,3,8,13-14H2,1H3/b4-2-,9-5-,10-6-,11-7+. The van der Waals surface area contributed by atoms with Crippen LogP contribution in [0.25, 0.3) is 0 Å². The van der Waals surface area contributed by atoms with Gasteiger partial charge in [-0.1, -0.05) is 36.5 Å². The summed E-state index contributed by atoms with van der Waals surface area (Å²) < 4.78 is 0. The maximum atomic E-state index is 6.01. The summed E-state index contributed by atoms with van der Waals surface area (Å²) in [7, 11) is 0. The van der Waals surface area contributed by atoms with E-state index in [9.17, 15) is 0 Å². The molecule has 0 spiro atoms. The van der Waals surface area contributed by atoms with E-state index in [0.29, 0.717) is 0 Å². The zero-order chi connectivity index (χ0) is 10.4. The smallest absolute Gasteiger partial charge is 0.0496 e. The van der Waals surface area contributed by atoms with Crippen molar-refractivity contribution < 1.29 is 0 Å². The van der Waals surface area contributed by atoms with Crippen molar-refractivity contribution in [2.45, 2.75) is 25.3 Å². The lowest BCUT2D eigenvalue weighted by molar-refractivity contribution is 0.729. The van der Waals surface area contributed by atoms with E-state index in [1.54, 1.807) is 0 Å². The second kappa shape index (κ2) is 4.82. The molecule has 0 amide bonds. The molecule has 1 atom stereocenters. The van der Waals surface area contributed by atoms with E-state index in [1.165, 1.54) is 0 Å². The van der Waals surface area contributed by atoms with E-state index in [-0.39, 0.29) is 5.54 Å². The highest BCUT2D eigenvalue weighted by Crippen LogP contribution is 2.08. The van der Waals surface area contributed by atoms with Crippen LogP contribution in [0.3, 0.4) is 0 Å². The number of allylic oxidation sites excluding steroid dienone is 5. The lowest BCUT2D eigenvalue weighted by Gasteiger charge is -2.14. The number of hydrogen-bond donors (Lipinski definition) is 2. The lowest BCUT2D eigenvalue weighted by atomic mass is 10.0. The van der Waals surface area contributed by atoms with Gasteiger partial charge in [-0.3, -0.25) is 0 Å². The second-order valence-electron chi connectivity index (χ2n) is 3.78. The van der Waals surface area contributed by atoms with Crippen molar-refractivity contribution in [3.63, 3.8) is 0 Å². The summed E-state index contributed by atoms with van der Waals surface area (Å²) in [5, 5.41) is 0. The summed E-state index contributed by atoms with van der Waals surface area (Å²) in [6, 6.07) is 0. The van der Waals surface area contributed by atoms with Gasteiger partial charge in [0, 0.05) is 17.7 Å². The molecule has 0 aromatic rings. The second-order valence-corrected chi connectivity index (χ2v) is 3.78. The molecular weight excluding hydrogens is 172 g/mol. The van der Waals surface area contributed by atoms with Crippen LogP contribution in [0.1, 0.15) is 19.8 Å². The summed E-state index contributed by atoms with van der Waals surface area (Å²) in [5.74, 6) is 0. The van der Waals surface area contributed by atoms with Gasteiger partial charge < -0.3 is 11.5 Å². The van der Waals surface area contributed by atoms with Gasteiger partial charge in [0.05, 0.1) is 0 Å². The van der Waals surface area contributed by atoms with Crippen LogP contribution in [0, 0.1) is 0 Å². The Morgan fingerprint density at radius 2 is 1.93 bits per heavy atom. The van der Waals surface area contributed by atoms with Crippen LogP contribution < -0.4 is 11.5 Å². The molecule has 4 N–H and O–H groups in total. The van der Waals surface area contributed by atoms with Gasteiger partial charge in [-0.15, -0.1) is 0 Å². The fraction of sp³-hybridized carbons (Fsp3) is 0.333. The summed E-state index contributed by atoms with van der Waals surface area (Å²) in [5.41, 5.74) is 12.3. The molecule has 0 aromatic carbocycles. The Morgan fingerprint density at radius 1 is 1.21 bits per heavy atom. The average molecular weight is 190 g/mol. The number of nitrogens with two attached hydrogens (primary N) is 2. The molecule has 1 aliphatic carbocycles. The molecule has 2 heteroatoms. The molecule has 0 saturated carbocycles. The lowest BCUT2D eigenvalue weighted by Crippen LogP contribution is -2.30. The average Bonchev–Trinajstić information content (AvgIpc) is 2.12. The predicted octanol–water partition coefficient (Wildman–Crippen LogP) is 2.01. The predicted molar refractivity (Wildman–Crippen MR) is 61.5 cm³/mol. The summed E-state index contributed by atoms with van der Waals surface area (Å²) in [6.45, 7) is 1.97. The van der Waals surface area contributed by atoms with Gasteiger partial charge in [0.25, 0.3) is 0 Å². The fourth-order valence-electron chi connectivity index (χ4n) is 1.24. The molecule has 14 heavy (non-hydrogen) atoms. The van der Waals surface area contributed by atoms with Crippen molar-refractivity contribution in [2.75, 3.05) is 0 Å². The molecule has 1 aliphatic rings. The van der Waals surface area contributed by atoms with E-state index in [2.05, 4.69) is 12.2 Å². The van der Waals surface area contributed by atoms with Gasteiger partial charge in [-0.2, -0.15) is 0 Å². The van der Waals surface area contributed by atoms with Crippen LogP contribution in [0.4, 0.5) is 0 Å². The minimum absolute atomic E-state index is 0.363. The summed E-state index contributed by atoms with van der Waals surface area (Å²) in [6.07, 6.45) is 15.7. The van der Waals surface area contributed by atoms with Crippen LogP contribution in [0.5, 0.6) is 0 Å². The minimum Gasteiger partial charge on any atom is -0.402 e. The van der Waals surface area contributed by atoms with E-state index in [4.69, 9.17) is 11.5 Å². The first-order chi connectivity index (χ1) is 6.60. The van der Waals surface area contributed by atoms with Gasteiger partial charge in [0.2, 0.25) is 0 Å². The highest BCUT2D eigenvalue weighted by molar-refractivity contribution is 5.20. The van der Waals surface area contributed by atoms with Crippen molar-refractivity contribution in [3.8, 4) is 0 Å². The largest absolute Gasteiger partial charge is 0.402 e. The van der Waals surface area contributed by atoms with Crippen LogP contribution in [-0.4, -0.2) is 5.54 Å². The third-order valence-electron chi connectivity index (χ3n) is 2.03. The fourth-order valence-corrected chi connectivity index (χ4v) is 1.24. The number of rotatable bonds is 0. The zero-order valence-electron chi connectivity index (χ0n) is 8.61. The first-order valence-corrected chi connectivity index (χ1v) is 4.86. The molecular formula is C12H18N2. The van der Waals surface area contributed by atoms with E-state index < -0.39 is 0 Å². The van der Waals surface area contributed by atoms with E-state index >= 15 is 0 Å². The van der Waals surface area contributed by atoms with Crippen LogP contribution >= 0.6 is 0 Å². The van der Waals surface area contributed by atoms with Crippen molar-refractivity contribution in [3.05, 3.63) is 48.2 Å². The highest BCUT2D eigenvalue weighted by Gasteiger charge is 2.07. The summed E-state index contributed by atoms with van der Waals surface area (Å²) >= 11 is 0. The Balaban J connectivity index is 2.80. The minimum atomic E-state index is -0.363. The van der Waals surface area contributed by atoms with Gasteiger partial charge >= 0.3 is 0 Å². The Hall–Kier alpha value is -1.28. The van der Waals surface area contributed by atoms with E-state index in [1.807, 2.05) is 37.3 Å². The van der Waals surface area contributed by atoms with Gasteiger partial charge in [-0.05, 0) is 19.4 Å². The van der Waals surface area contributed by atoms with Gasteiger partial charge in [-0.25, -0.2) is 0 Å². The Labute approximate surface area is 85.7 Å².